The average Bonchev–Trinajstić information content (AvgIpc) is 2.32. The molecule has 0 bridgehead atoms. The number of hydrogen-bond acceptors (Lipinski definition) is 7. The van der Waals surface area contributed by atoms with Gasteiger partial charge < -0.3 is 43.9 Å². The van der Waals surface area contributed by atoms with Crippen LogP contribution in [-0.4, -0.2) is 99.8 Å². The standard InChI is InChI=1S/C9H21NO8P2.4Na/c10-7(6-18-8-3-1-2-4-17-8)5-9(19(11,12)13)20(14,15)16;;;;/h7-9H,1-6,10H2,(H2,11,12,13)(H2,14,15,16);;;;/q;;;2*+1/p-2. The van der Waals surface area contributed by atoms with Crippen molar-refractivity contribution in [2.45, 2.75) is 43.4 Å². The second kappa shape index (κ2) is 16.9. The van der Waals surface area contributed by atoms with E-state index in [-0.39, 0.29) is 125 Å². The number of hydrogen-bond donors (Lipinski definition) is 3. The number of rotatable bonds is 7. The summed E-state index contributed by atoms with van der Waals surface area (Å²) in [7, 11) is -10.5. The Morgan fingerprint density at radius 2 is 1.67 bits per heavy atom. The maximum Gasteiger partial charge on any atom is 1.00 e. The van der Waals surface area contributed by atoms with E-state index in [2.05, 4.69) is 0 Å². The van der Waals surface area contributed by atoms with Gasteiger partial charge in [0.05, 0.1) is 12.0 Å². The molecule has 1 fully saturated rings. The first-order valence-electron chi connectivity index (χ1n) is 6.16. The van der Waals surface area contributed by atoms with E-state index in [0.29, 0.717) is 13.0 Å². The van der Waals surface area contributed by atoms with Gasteiger partial charge in [-0.2, -0.15) is 0 Å². The quantitative estimate of drug-likeness (QED) is 0.266. The minimum absolute atomic E-state index is 0. The third-order valence-corrected chi connectivity index (χ3v) is 6.58. The molecular formula is C9H19NNa4O8P2. The summed E-state index contributed by atoms with van der Waals surface area (Å²) >= 11 is 0. The summed E-state index contributed by atoms with van der Waals surface area (Å²) < 4.78 is 32.4. The van der Waals surface area contributed by atoms with Crippen LogP contribution in [0.3, 0.4) is 0 Å². The molecule has 0 aromatic carbocycles. The number of nitrogens with two attached hydrogens (primary N) is 1. The van der Waals surface area contributed by atoms with Crippen LogP contribution in [0, 0.1) is 0 Å². The van der Waals surface area contributed by atoms with Gasteiger partial charge in [0.15, 0.2) is 6.29 Å². The normalized spacial score (nSPS) is 24.3. The molecule has 2 radical (unpaired) electrons. The van der Waals surface area contributed by atoms with Gasteiger partial charge in [-0.15, -0.1) is 0 Å². The predicted molar refractivity (Wildman–Crippen MR) is 77.1 cm³/mol. The van der Waals surface area contributed by atoms with Crippen LogP contribution in [0.4, 0.5) is 0 Å². The minimum Gasteiger partial charge on any atom is -0.778 e. The van der Waals surface area contributed by atoms with Crippen LogP contribution in [0.25, 0.3) is 0 Å². The van der Waals surface area contributed by atoms with Crippen LogP contribution in [0.5, 0.6) is 0 Å². The molecule has 0 amide bonds. The van der Waals surface area contributed by atoms with Crippen molar-refractivity contribution in [2.24, 2.45) is 5.73 Å². The van der Waals surface area contributed by atoms with Gasteiger partial charge in [-0.3, -0.25) is 0 Å². The Balaban J connectivity index is -0.000000500. The smallest absolute Gasteiger partial charge is 0.778 e. The van der Waals surface area contributed by atoms with E-state index in [1.807, 2.05) is 0 Å². The molecule has 0 aromatic heterocycles. The van der Waals surface area contributed by atoms with Gasteiger partial charge in [-0.25, -0.2) is 0 Å². The summed E-state index contributed by atoms with van der Waals surface area (Å²) in [5.74, 6) is 0. The fourth-order valence-corrected chi connectivity index (χ4v) is 4.41. The molecule has 1 rings (SSSR count). The maximum absolute atomic E-state index is 10.9. The van der Waals surface area contributed by atoms with Crippen molar-refractivity contribution in [3.8, 4) is 0 Å². The zero-order valence-corrected chi connectivity index (χ0v) is 24.6. The molecule has 4 unspecified atom stereocenters. The van der Waals surface area contributed by atoms with Crippen LogP contribution in [-0.2, 0) is 18.6 Å². The molecule has 9 nitrogen and oxygen atoms in total. The van der Waals surface area contributed by atoms with Crippen LogP contribution in [0.1, 0.15) is 25.7 Å². The molecule has 24 heavy (non-hydrogen) atoms. The van der Waals surface area contributed by atoms with Gasteiger partial charge in [-0.1, -0.05) is 0 Å². The summed E-state index contributed by atoms with van der Waals surface area (Å²) in [4.78, 5) is 39.6. The molecule has 1 heterocycles. The van der Waals surface area contributed by atoms with Gasteiger partial charge >= 0.3 is 59.1 Å². The second-order valence-corrected chi connectivity index (χ2v) is 8.64. The second-order valence-electron chi connectivity index (χ2n) is 4.73. The first kappa shape index (κ1) is 35.6. The molecule has 4 atom stereocenters. The summed E-state index contributed by atoms with van der Waals surface area (Å²) in [5, 5.41) is -2.32. The molecule has 1 aliphatic heterocycles. The zero-order chi connectivity index (χ0) is 15.4. The SMILES string of the molecule is NC(COC1CCCCO1)CC(P(=O)([O-])O)P(=O)([O-])O.[Na+].[Na+].[Na].[Na]. The van der Waals surface area contributed by atoms with Crippen LogP contribution < -0.4 is 74.6 Å². The van der Waals surface area contributed by atoms with Crippen molar-refractivity contribution in [2.75, 3.05) is 13.2 Å². The average molecular weight is 423 g/mol. The van der Waals surface area contributed by atoms with Gasteiger partial charge in [0.2, 0.25) is 0 Å². The van der Waals surface area contributed by atoms with Crippen LogP contribution in [0.15, 0.2) is 0 Å². The third-order valence-electron chi connectivity index (χ3n) is 2.90. The van der Waals surface area contributed by atoms with Crippen molar-refractivity contribution in [3.63, 3.8) is 0 Å². The molecule has 0 aliphatic carbocycles. The summed E-state index contributed by atoms with van der Waals surface area (Å²) in [5.41, 5.74) is 5.56. The largest absolute Gasteiger partial charge is 1.00 e. The van der Waals surface area contributed by atoms with E-state index in [9.17, 15) is 18.9 Å². The number of ether oxygens (including phenoxy) is 2. The van der Waals surface area contributed by atoms with Crippen molar-refractivity contribution >= 4 is 74.3 Å². The van der Waals surface area contributed by atoms with E-state index in [1.54, 1.807) is 0 Å². The van der Waals surface area contributed by atoms with Gasteiger partial charge in [0, 0.05) is 71.8 Å². The van der Waals surface area contributed by atoms with E-state index in [1.165, 1.54) is 0 Å². The van der Waals surface area contributed by atoms with Gasteiger partial charge in [0.1, 0.15) is 15.2 Å². The first-order valence-corrected chi connectivity index (χ1v) is 9.46. The Labute approximate surface area is 230 Å². The Morgan fingerprint density at radius 1 is 1.17 bits per heavy atom. The van der Waals surface area contributed by atoms with E-state index < -0.39 is 39.3 Å². The summed E-state index contributed by atoms with van der Waals surface area (Å²) in [6.07, 6.45) is 1.44. The molecule has 4 N–H and O–H groups in total. The van der Waals surface area contributed by atoms with E-state index >= 15 is 0 Å². The van der Waals surface area contributed by atoms with Crippen molar-refractivity contribution in [1.82, 2.24) is 0 Å². The van der Waals surface area contributed by atoms with Crippen molar-refractivity contribution < 1.29 is 97.3 Å². The monoisotopic (exact) mass is 423 g/mol. The molecule has 0 spiro atoms. The zero-order valence-electron chi connectivity index (χ0n) is 14.8. The van der Waals surface area contributed by atoms with Gasteiger partial charge in [0.25, 0.3) is 0 Å². The summed E-state index contributed by atoms with van der Waals surface area (Å²) in [6, 6.07) is -0.977. The Kier molecular flexibility index (Phi) is 25.1. The minimum atomic E-state index is -5.25. The molecule has 1 aliphatic rings. The molecule has 15 heteroatoms. The third kappa shape index (κ3) is 15.1. The van der Waals surface area contributed by atoms with Crippen molar-refractivity contribution in [1.29, 1.82) is 0 Å². The Hall–Kier alpha value is 4.18. The fraction of sp³-hybridized carbons (Fsp3) is 1.00. The Morgan fingerprint density at radius 3 is 2.04 bits per heavy atom. The van der Waals surface area contributed by atoms with Crippen LogP contribution >= 0.6 is 15.2 Å². The van der Waals surface area contributed by atoms with E-state index in [0.717, 1.165) is 12.8 Å². The topological polar surface area (TPSA) is 165 Å². The van der Waals surface area contributed by atoms with Gasteiger partial charge in [-0.05, 0) is 25.7 Å². The molecule has 1 saturated heterocycles. The molecular weight excluding hydrogens is 404 g/mol. The first-order chi connectivity index (χ1) is 9.10. The molecule has 0 saturated carbocycles. The fourth-order valence-electron chi connectivity index (χ4n) is 1.86. The maximum atomic E-state index is 10.9. The Bertz CT molecular complexity index is 381. The van der Waals surface area contributed by atoms with E-state index in [4.69, 9.17) is 25.0 Å². The predicted octanol–water partition coefficient (Wildman–Crippen LogP) is -8.09. The van der Waals surface area contributed by atoms with Crippen molar-refractivity contribution in [3.05, 3.63) is 0 Å². The molecule has 122 valence electrons. The van der Waals surface area contributed by atoms with Crippen LogP contribution in [0.2, 0.25) is 0 Å². The molecule has 0 aromatic rings. The summed E-state index contributed by atoms with van der Waals surface area (Å²) in [6.45, 7) is 0.419.